The van der Waals surface area contributed by atoms with Crippen molar-refractivity contribution in [2.24, 2.45) is 0 Å². The molecule has 8 nitrogen and oxygen atoms in total. The van der Waals surface area contributed by atoms with Gasteiger partial charge in [0.1, 0.15) is 18.9 Å². The molecule has 0 N–H and O–H groups in total. The molecular formula is C24H25N3O5. The number of nitrogens with zero attached hydrogens (tertiary/aromatic N) is 3. The summed E-state index contributed by atoms with van der Waals surface area (Å²) in [5.74, 6) is -0.149. The Morgan fingerprint density at radius 2 is 1.38 bits per heavy atom. The number of hydrogen-bond donors (Lipinski definition) is 0. The highest BCUT2D eigenvalue weighted by molar-refractivity contribution is 6.04. The summed E-state index contributed by atoms with van der Waals surface area (Å²) < 4.78 is 5.73. The van der Waals surface area contributed by atoms with E-state index in [4.69, 9.17) is 4.74 Å². The number of hydrogen-bond acceptors (Lipinski definition) is 5. The molecule has 2 heterocycles. The molecule has 2 fully saturated rings. The van der Waals surface area contributed by atoms with Crippen LogP contribution in [0.15, 0.2) is 54.6 Å². The molecule has 2 aromatic carbocycles. The number of likely N-dealkylation sites (tertiary alicyclic amines) is 1. The fourth-order valence-electron chi connectivity index (χ4n) is 3.80. The molecule has 0 saturated carbocycles. The Bertz CT molecular complexity index is 982. The van der Waals surface area contributed by atoms with Crippen molar-refractivity contribution in [2.45, 2.75) is 19.4 Å². The van der Waals surface area contributed by atoms with Crippen LogP contribution in [0, 0.1) is 0 Å². The smallest absolute Gasteiger partial charge is 0.253 e. The SMILES string of the molecule is O=C(CN1C(=O)CCC1=O)N1CCN(C(=O)c2ccc(COc3ccccc3)cc2)CC1. The number of carbonyl (C=O) groups is 4. The van der Waals surface area contributed by atoms with Crippen molar-refractivity contribution in [1.82, 2.24) is 14.7 Å². The minimum Gasteiger partial charge on any atom is -0.489 e. The first kappa shape index (κ1) is 21.5. The van der Waals surface area contributed by atoms with Crippen molar-refractivity contribution in [1.29, 1.82) is 0 Å². The van der Waals surface area contributed by atoms with Crippen molar-refractivity contribution in [3.8, 4) is 5.75 Å². The lowest BCUT2D eigenvalue weighted by atomic mass is 10.1. The largest absolute Gasteiger partial charge is 0.489 e. The molecule has 4 rings (SSSR count). The zero-order valence-corrected chi connectivity index (χ0v) is 17.7. The predicted molar refractivity (Wildman–Crippen MR) is 116 cm³/mol. The maximum absolute atomic E-state index is 12.8. The second kappa shape index (κ2) is 9.64. The van der Waals surface area contributed by atoms with E-state index in [9.17, 15) is 19.2 Å². The minimum absolute atomic E-state index is 0.0856. The van der Waals surface area contributed by atoms with Crippen molar-refractivity contribution < 1.29 is 23.9 Å². The molecule has 4 amide bonds. The van der Waals surface area contributed by atoms with Crippen LogP contribution in [-0.4, -0.2) is 71.1 Å². The lowest BCUT2D eigenvalue weighted by molar-refractivity contribution is -0.146. The summed E-state index contributed by atoms with van der Waals surface area (Å²) in [6.07, 6.45) is 0.344. The topological polar surface area (TPSA) is 87.2 Å². The van der Waals surface area contributed by atoms with Gasteiger partial charge in [0.25, 0.3) is 5.91 Å². The average molecular weight is 435 g/mol. The lowest BCUT2D eigenvalue weighted by Gasteiger charge is -2.35. The van der Waals surface area contributed by atoms with Crippen molar-refractivity contribution >= 4 is 23.6 Å². The second-order valence-corrected chi connectivity index (χ2v) is 7.85. The van der Waals surface area contributed by atoms with Crippen molar-refractivity contribution in [3.05, 3.63) is 65.7 Å². The number of amides is 4. The van der Waals surface area contributed by atoms with Gasteiger partial charge in [-0.15, -0.1) is 0 Å². The van der Waals surface area contributed by atoms with Crippen molar-refractivity contribution in [2.75, 3.05) is 32.7 Å². The van der Waals surface area contributed by atoms with E-state index in [0.717, 1.165) is 16.2 Å². The molecule has 32 heavy (non-hydrogen) atoms. The Labute approximate surface area is 186 Å². The van der Waals surface area contributed by atoms with Gasteiger partial charge in [-0.05, 0) is 29.8 Å². The molecule has 0 atom stereocenters. The molecule has 2 aromatic rings. The molecule has 0 aliphatic carbocycles. The average Bonchev–Trinajstić information content (AvgIpc) is 3.15. The van der Waals surface area contributed by atoms with Gasteiger partial charge in [-0.2, -0.15) is 0 Å². The van der Waals surface area contributed by atoms with Gasteiger partial charge in [0, 0.05) is 44.6 Å². The van der Waals surface area contributed by atoms with Gasteiger partial charge in [0.2, 0.25) is 17.7 Å². The van der Waals surface area contributed by atoms with Gasteiger partial charge in [-0.1, -0.05) is 30.3 Å². The summed E-state index contributed by atoms with van der Waals surface area (Å²) in [6.45, 7) is 1.78. The van der Waals surface area contributed by atoms with Crippen LogP contribution in [0.3, 0.4) is 0 Å². The Hall–Kier alpha value is -3.68. The molecule has 0 radical (unpaired) electrons. The number of para-hydroxylation sites is 1. The Kier molecular flexibility index (Phi) is 6.49. The van der Waals surface area contributed by atoms with Gasteiger partial charge < -0.3 is 14.5 Å². The monoisotopic (exact) mass is 435 g/mol. The predicted octanol–water partition coefficient (Wildman–Crippen LogP) is 1.70. The summed E-state index contributed by atoms with van der Waals surface area (Å²) in [5.41, 5.74) is 1.55. The lowest BCUT2D eigenvalue weighted by Crippen LogP contribution is -2.53. The Morgan fingerprint density at radius 1 is 0.781 bits per heavy atom. The van der Waals surface area contributed by atoms with E-state index in [2.05, 4.69) is 0 Å². The fourth-order valence-corrected chi connectivity index (χ4v) is 3.80. The van der Waals surface area contributed by atoms with Gasteiger partial charge in [-0.25, -0.2) is 0 Å². The molecule has 2 saturated heterocycles. The summed E-state index contributed by atoms with van der Waals surface area (Å²) in [5, 5.41) is 0. The number of carbonyl (C=O) groups excluding carboxylic acids is 4. The van der Waals surface area contributed by atoms with E-state index < -0.39 is 0 Å². The molecule has 2 aliphatic heterocycles. The second-order valence-electron chi connectivity index (χ2n) is 7.85. The highest BCUT2D eigenvalue weighted by atomic mass is 16.5. The summed E-state index contributed by atoms with van der Waals surface area (Å²) >= 11 is 0. The third kappa shape index (κ3) is 4.96. The Balaban J connectivity index is 1.26. The number of rotatable bonds is 6. The first-order chi connectivity index (χ1) is 15.5. The van der Waals surface area contributed by atoms with E-state index in [1.54, 1.807) is 21.9 Å². The van der Waals surface area contributed by atoms with Crippen LogP contribution >= 0.6 is 0 Å². The van der Waals surface area contributed by atoms with E-state index in [0.29, 0.717) is 38.3 Å². The maximum Gasteiger partial charge on any atom is 0.253 e. The van der Waals surface area contributed by atoms with Crippen LogP contribution in [0.25, 0.3) is 0 Å². The normalized spacial score (nSPS) is 16.4. The van der Waals surface area contributed by atoms with E-state index in [1.165, 1.54) is 0 Å². The Morgan fingerprint density at radius 3 is 2.00 bits per heavy atom. The molecule has 0 unspecified atom stereocenters. The van der Waals surface area contributed by atoms with Crippen LogP contribution in [0.5, 0.6) is 5.75 Å². The zero-order valence-electron chi connectivity index (χ0n) is 17.7. The molecule has 0 spiro atoms. The molecule has 2 aliphatic rings. The third-order valence-electron chi connectivity index (χ3n) is 5.72. The van der Waals surface area contributed by atoms with Gasteiger partial charge in [0.05, 0.1) is 0 Å². The third-order valence-corrected chi connectivity index (χ3v) is 5.72. The van der Waals surface area contributed by atoms with Gasteiger partial charge >= 0.3 is 0 Å². The summed E-state index contributed by atoms with van der Waals surface area (Å²) in [6, 6.07) is 16.9. The van der Waals surface area contributed by atoms with Crippen molar-refractivity contribution in [3.63, 3.8) is 0 Å². The van der Waals surface area contributed by atoms with E-state index >= 15 is 0 Å². The first-order valence-corrected chi connectivity index (χ1v) is 10.7. The van der Waals surface area contributed by atoms with Crippen LogP contribution in [-0.2, 0) is 21.0 Å². The van der Waals surface area contributed by atoms with Gasteiger partial charge in [-0.3, -0.25) is 24.1 Å². The zero-order chi connectivity index (χ0) is 22.5. The van der Waals surface area contributed by atoms with E-state index in [-0.39, 0.29) is 43.0 Å². The number of ether oxygens (including phenoxy) is 1. The highest BCUT2D eigenvalue weighted by Crippen LogP contribution is 2.15. The number of piperazine rings is 1. The van der Waals surface area contributed by atoms with Crippen LogP contribution in [0.1, 0.15) is 28.8 Å². The molecule has 0 aromatic heterocycles. The van der Waals surface area contributed by atoms with Gasteiger partial charge in [0.15, 0.2) is 0 Å². The molecule has 166 valence electrons. The number of benzene rings is 2. The summed E-state index contributed by atoms with van der Waals surface area (Å²) in [7, 11) is 0. The number of imide groups is 1. The standard InChI is InChI=1S/C24H25N3O5/c28-21-10-11-22(29)27(21)16-23(30)25-12-14-26(15-13-25)24(31)19-8-6-18(7-9-19)17-32-20-4-2-1-3-5-20/h1-9H,10-17H2. The highest BCUT2D eigenvalue weighted by Gasteiger charge is 2.33. The summed E-state index contributed by atoms with van der Waals surface area (Å²) in [4.78, 5) is 53.1. The fraction of sp³-hybridized carbons (Fsp3) is 0.333. The first-order valence-electron chi connectivity index (χ1n) is 10.7. The van der Waals surface area contributed by atoms with E-state index in [1.807, 2.05) is 42.5 Å². The maximum atomic E-state index is 12.8. The quantitative estimate of drug-likeness (QED) is 0.645. The molecular weight excluding hydrogens is 410 g/mol. The van der Waals surface area contributed by atoms with Crippen LogP contribution in [0.2, 0.25) is 0 Å². The molecule has 0 bridgehead atoms. The minimum atomic E-state index is -0.297. The molecule has 8 heteroatoms. The van der Waals surface area contributed by atoms with Crippen LogP contribution in [0.4, 0.5) is 0 Å². The van der Waals surface area contributed by atoms with Crippen LogP contribution < -0.4 is 4.74 Å².